The molecule has 2 aliphatic rings. The molecule has 0 aromatic carbocycles. The number of hydrogen-bond donors (Lipinski definition) is 1. The standard InChI is InChI=1S/C10H18N2O/c1-9(13)11-8-10-4-2-6-12(10)7-3-5-10/h2-8H2,1H3,(H,11,13). The predicted octanol–water partition coefficient (Wildman–Crippen LogP) is 0.751. The SMILES string of the molecule is CC(=O)NCC12CCCN1CCC2. The predicted molar refractivity (Wildman–Crippen MR) is 51.5 cm³/mol. The van der Waals surface area contributed by atoms with Crippen LogP contribution in [-0.4, -0.2) is 36.0 Å². The number of carbonyl (C=O) groups is 1. The summed E-state index contributed by atoms with van der Waals surface area (Å²) in [6, 6.07) is 0. The summed E-state index contributed by atoms with van der Waals surface area (Å²) in [7, 11) is 0. The summed E-state index contributed by atoms with van der Waals surface area (Å²) >= 11 is 0. The van der Waals surface area contributed by atoms with Gasteiger partial charge in [0.2, 0.25) is 5.91 Å². The smallest absolute Gasteiger partial charge is 0.216 e. The summed E-state index contributed by atoms with van der Waals surface area (Å²) in [6.07, 6.45) is 5.15. The highest BCUT2D eigenvalue weighted by Gasteiger charge is 2.43. The van der Waals surface area contributed by atoms with Gasteiger partial charge in [0.1, 0.15) is 0 Å². The summed E-state index contributed by atoms with van der Waals surface area (Å²) in [5.41, 5.74) is 0.339. The molecule has 2 saturated heterocycles. The lowest BCUT2D eigenvalue weighted by Gasteiger charge is -2.31. The summed E-state index contributed by atoms with van der Waals surface area (Å²) in [6.45, 7) is 4.94. The summed E-state index contributed by atoms with van der Waals surface area (Å²) < 4.78 is 0. The number of rotatable bonds is 2. The topological polar surface area (TPSA) is 32.3 Å². The van der Waals surface area contributed by atoms with Crippen molar-refractivity contribution in [1.29, 1.82) is 0 Å². The zero-order valence-corrected chi connectivity index (χ0v) is 8.31. The first-order valence-electron chi connectivity index (χ1n) is 5.22. The molecule has 0 radical (unpaired) electrons. The molecule has 3 nitrogen and oxygen atoms in total. The Labute approximate surface area is 79.5 Å². The summed E-state index contributed by atoms with van der Waals surface area (Å²) in [5.74, 6) is 0.105. The number of carbonyl (C=O) groups excluding carboxylic acids is 1. The number of nitrogens with one attached hydrogen (secondary N) is 1. The van der Waals surface area contributed by atoms with E-state index in [0.717, 1.165) is 6.54 Å². The van der Waals surface area contributed by atoms with Gasteiger partial charge in [0.15, 0.2) is 0 Å². The van der Waals surface area contributed by atoms with Gasteiger partial charge in [0.25, 0.3) is 0 Å². The quantitative estimate of drug-likeness (QED) is 0.683. The van der Waals surface area contributed by atoms with E-state index in [0.29, 0.717) is 5.54 Å². The maximum atomic E-state index is 10.9. The van der Waals surface area contributed by atoms with E-state index in [1.807, 2.05) is 0 Å². The molecule has 0 atom stereocenters. The first-order chi connectivity index (χ1) is 6.23. The highest BCUT2D eigenvalue weighted by atomic mass is 16.1. The third-order valence-electron chi connectivity index (χ3n) is 3.48. The Morgan fingerprint density at radius 3 is 2.54 bits per heavy atom. The van der Waals surface area contributed by atoms with Crippen molar-refractivity contribution < 1.29 is 4.79 Å². The van der Waals surface area contributed by atoms with Crippen LogP contribution in [0.3, 0.4) is 0 Å². The second kappa shape index (κ2) is 3.29. The first-order valence-corrected chi connectivity index (χ1v) is 5.22. The van der Waals surface area contributed by atoms with Crippen molar-refractivity contribution in [2.75, 3.05) is 19.6 Å². The first kappa shape index (κ1) is 9.00. The van der Waals surface area contributed by atoms with Gasteiger partial charge in [-0.3, -0.25) is 9.69 Å². The van der Waals surface area contributed by atoms with Crippen molar-refractivity contribution in [1.82, 2.24) is 10.2 Å². The van der Waals surface area contributed by atoms with Crippen LogP contribution in [0.15, 0.2) is 0 Å². The highest BCUT2D eigenvalue weighted by Crippen LogP contribution is 2.37. The van der Waals surface area contributed by atoms with E-state index in [2.05, 4.69) is 10.2 Å². The van der Waals surface area contributed by atoms with Crippen molar-refractivity contribution in [3.8, 4) is 0 Å². The Morgan fingerprint density at radius 2 is 2.00 bits per heavy atom. The molecule has 1 N–H and O–H groups in total. The number of amides is 1. The van der Waals surface area contributed by atoms with Crippen LogP contribution in [0.1, 0.15) is 32.6 Å². The zero-order chi connectivity index (χ0) is 9.31. The fraction of sp³-hybridized carbons (Fsp3) is 0.900. The van der Waals surface area contributed by atoms with Crippen LogP contribution in [0.4, 0.5) is 0 Å². The van der Waals surface area contributed by atoms with Crippen molar-refractivity contribution in [2.24, 2.45) is 0 Å². The lowest BCUT2D eigenvalue weighted by atomic mass is 9.94. The van der Waals surface area contributed by atoms with Crippen molar-refractivity contribution in [2.45, 2.75) is 38.1 Å². The monoisotopic (exact) mass is 182 g/mol. The molecule has 2 fully saturated rings. The number of nitrogens with zero attached hydrogens (tertiary/aromatic N) is 1. The third-order valence-corrected chi connectivity index (χ3v) is 3.48. The molecule has 2 heterocycles. The second-order valence-corrected chi connectivity index (χ2v) is 4.33. The molecule has 0 spiro atoms. The van der Waals surface area contributed by atoms with Crippen molar-refractivity contribution in [3.05, 3.63) is 0 Å². The van der Waals surface area contributed by atoms with Crippen LogP contribution in [0.2, 0.25) is 0 Å². The van der Waals surface area contributed by atoms with E-state index in [1.165, 1.54) is 38.8 Å². The highest BCUT2D eigenvalue weighted by molar-refractivity contribution is 5.72. The van der Waals surface area contributed by atoms with Crippen LogP contribution in [-0.2, 0) is 4.79 Å². The Bertz CT molecular complexity index is 205. The molecule has 3 heteroatoms. The van der Waals surface area contributed by atoms with Gasteiger partial charge in [-0.1, -0.05) is 0 Å². The molecule has 0 unspecified atom stereocenters. The minimum atomic E-state index is 0.105. The maximum absolute atomic E-state index is 10.9. The summed E-state index contributed by atoms with van der Waals surface area (Å²) in [4.78, 5) is 13.4. The van der Waals surface area contributed by atoms with Gasteiger partial charge in [-0.05, 0) is 38.8 Å². The molecular formula is C10H18N2O. The van der Waals surface area contributed by atoms with E-state index in [1.54, 1.807) is 6.92 Å². The lowest BCUT2D eigenvalue weighted by Crippen LogP contribution is -2.47. The third kappa shape index (κ3) is 1.57. The van der Waals surface area contributed by atoms with Crippen LogP contribution < -0.4 is 5.32 Å². The van der Waals surface area contributed by atoms with E-state index in [4.69, 9.17) is 0 Å². The van der Waals surface area contributed by atoms with Crippen molar-refractivity contribution in [3.63, 3.8) is 0 Å². The second-order valence-electron chi connectivity index (χ2n) is 4.33. The maximum Gasteiger partial charge on any atom is 0.216 e. The molecule has 13 heavy (non-hydrogen) atoms. The van der Waals surface area contributed by atoms with Crippen LogP contribution in [0, 0.1) is 0 Å². The minimum Gasteiger partial charge on any atom is -0.354 e. The van der Waals surface area contributed by atoms with Gasteiger partial charge >= 0.3 is 0 Å². The molecule has 74 valence electrons. The zero-order valence-electron chi connectivity index (χ0n) is 8.31. The van der Waals surface area contributed by atoms with E-state index in [9.17, 15) is 4.79 Å². The van der Waals surface area contributed by atoms with E-state index >= 15 is 0 Å². The van der Waals surface area contributed by atoms with Crippen molar-refractivity contribution >= 4 is 5.91 Å². The fourth-order valence-electron chi connectivity index (χ4n) is 2.80. The Kier molecular flexibility index (Phi) is 2.28. The van der Waals surface area contributed by atoms with Gasteiger partial charge in [-0.15, -0.1) is 0 Å². The van der Waals surface area contributed by atoms with Gasteiger partial charge in [0.05, 0.1) is 0 Å². The van der Waals surface area contributed by atoms with Gasteiger partial charge < -0.3 is 5.32 Å². The van der Waals surface area contributed by atoms with Gasteiger partial charge in [0, 0.05) is 19.0 Å². The Balaban J connectivity index is 1.97. The number of fused-ring (bicyclic) bond motifs is 1. The Hall–Kier alpha value is -0.570. The fourth-order valence-corrected chi connectivity index (χ4v) is 2.80. The normalized spacial score (nSPS) is 25.9. The minimum absolute atomic E-state index is 0.105. The molecule has 0 aromatic heterocycles. The molecular weight excluding hydrogens is 164 g/mol. The Morgan fingerprint density at radius 1 is 1.38 bits per heavy atom. The van der Waals surface area contributed by atoms with Gasteiger partial charge in [-0.25, -0.2) is 0 Å². The molecule has 2 rings (SSSR count). The van der Waals surface area contributed by atoms with Crippen LogP contribution in [0.25, 0.3) is 0 Å². The van der Waals surface area contributed by atoms with Crippen LogP contribution in [0.5, 0.6) is 0 Å². The molecule has 0 aromatic rings. The molecule has 0 bridgehead atoms. The van der Waals surface area contributed by atoms with Crippen LogP contribution >= 0.6 is 0 Å². The molecule has 2 aliphatic heterocycles. The molecule has 1 amide bonds. The van der Waals surface area contributed by atoms with Gasteiger partial charge in [-0.2, -0.15) is 0 Å². The molecule has 0 aliphatic carbocycles. The molecule has 0 saturated carbocycles. The van der Waals surface area contributed by atoms with E-state index in [-0.39, 0.29) is 5.91 Å². The summed E-state index contributed by atoms with van der Waals surface area (Å²) in [5, 5.41) is 2.97. The lowest BCUT2D eigenvalue weighted by molar-refractivity contribution is -0.119. The average molecular weight is 182 g/mol. The average Bonchev–Trinajstić information content (AvgIpc) is 2.57. The van der Waals surface area contributed by atoms with E-state index < -0.39 is 0 Å². The largest absolute Gasteiger partial charge is 0.354 e. The number of hydrogen-bond acceptors (Lipinski definition) is 2.